The molecular formula is C20H23ClN2O3S. The maximum atomic E-state index is 12.5. The summed E-state index contributed by atoms with van der Waals surface area (Å²) in [6, 6.07) is 6.99. The van der Waals surface area contributed by atoms with Crippen LogP contribution in [0.25, 0.3) is 0 Å². The highest BCUT2D eigenvalue weighted by Crippen LogP contribution is 2.28. The van der Waals surface area contributed by atoms with Crippen molar-refractivity contribution in [3.63, 3.8) is 0 Å². The van der Waals surface area contributed by atoms with Crippen molar-refractivity contribution in [1.82, 2.24) is 4.90 Å². The molecule has 2 heterocycles. The first kappa shape index (κ1) is 19.7. The summed E-state index contributed by atoms with van der Waals surface area (Å²) >= 11 is 7.53. The fourth-order valence-corrected chi connectivity index (χ4v) is 4.18. The minimum absolute atomic E-state index is 0.0724. The van der Waals surface area contributed by atoms with Crippen molar-refractivity contribution in [2.45, 2.75) is 25.7 Å². The standard InChI is InChI=1S/C20H23ClN2O3S/c1-26-18-6-5-16(21)11-17(18)22-19(24)7-4-14-3-2-9-23(12-14)20(25)15-8-10-27-13-15/h5-6,8,10-11,13-14H,2-4,7,9,12H2,1H3,(H,22,24). The first-order chi connectivity index (χ1) is 13.1. The maximum absolute atomic E-state index is 12.5. The van der Waals surface area contributed by atoms with Crippen LogP contribution in [0.2, 0.25) is 5.02 Å². The van der Waals surface area contributed by atoms with Crippen LogP contribution in [0.15, 0.2) is 35.0 Å². The third kappa shape index (κ3) is 5.23. The van der Waals surface area contributed by atoms with E-state index in [2.05, 4.69) is 5.32 Å². The number of benzene rings is 1. The van der Waals surface area contributed by atoms with Crippen molar-refractivity contribution in [2.75, 3.05) is 25.5 Å². The van der Waals surface area contributed by atoms with Gasteiger partial charge >= 0.3 is 0 Å². The molecule has 2 aromatic rings. The van der Waals surface area contributed by atoms with E-state index in [0.29, 0.717) is 35.3 Å². The topological polar surface area (TPSA) is 58.6 Å². The van der Waals surface area contributed by atoms with Gasteiger partial charge in [-0.05, 0) is 54.8 Å². The van der Waals surface area contributed by atoms with Crippen molar-refractivity contribution in [3.8, 4) is 5.75 Å². The molecule has 0 saturated carbocycles. The molecule has 1 unspecified atom stereocenters. The molecule has 1 aromatic heterocycles. The van der Waals surface area contributed by atoms with Crippen LogP contribution < -0.4 is 10.1 Å². The van der Waals surface area contributed by atoms with E-state index in [1.807, 2.05) is 21.7 Å². The number of halogens is 1. The van der Waals surface area contributed by atoms with E-state index in [0.717, 1.165) is 31.4 Å². The molecule has 1 aromatic carbocycles. The lowest BCUT2D eigenvalue weighted by Gasteiger charge is -2.32. The number of likely N-dealkylation sites (tertiary alicyclic amines) is 1. The highest BCUT2D eigenvalue weighted by atomic mass is 35.5. The van der Waals surface area contributed by atoms with Crippen molar-refractivity contribution in [2.24, 2.45) is 5.92 Å². The van der Waals surface area contributed by atoms with E-state index in [-0.39, 0.29) is 11.8 Å². The lowest BCUT2D eigenvalue weighted by Crippen LogP contribution is -2.40. The smallest absolute Gasteiger partial charge is 0.254 e. The molecule has 144 valence electrons. The monoisotopic (exact) mass is 406 g/mol. The van der Waals surface area contributed by atoms with E-state index in [1.165, 1.54) is 11.3 Å². The summed E-state index contributed by atoms with van der Waals surface area (Å²) in [5.41, 5.74) is 1.33. The van der Waals surface area contributed by atoms with Gasteiger partial charge in [-0.15, -0.1) is 0 Å². The van der Waals surface area contributed by atoms with Crippen LogP contribution >= 0.6 is 22.9 Å². The lowest BCUT2D eigenvalue weighted by molar-refractivity contribution is -0.116. The molecular weight excluding hydrogens is 384 g/mol. The summed E-state index contributed by atoms with van der Waals surface area (Å²) in [6.45, 7) is 1.50. The number of thiophene rings is 1. The number of anilines is 1. The van der Waals surface area contributed by atoms with E-state index in [1.54, 1.807) is 25.3 Å². The number of nitrogens with zero attached hydrogens (tertiary/aromatic N) is 1. The molecule has 1 atom stereocenters. The van der Waals surface area contributed by atoms with Gasteiger partial charge in [0.15, 0.2) is 0 Å². The molecule has 0 radical (unpaired) electrons. The summed E-state index contributed by atoms with van der Waals surface area (Å²) in [6.07, 6.45) is 3.18. The first-order valence-electron chi connectivity index (χ1n) is 9.01. The summed E-state index contributed by atoms with van der Waals surface area (Å²) < 4.78 is 5.25. The average molecular weight is 407 g/mol. The SMILES string of the molecule is COc1ccc(Cl)cc1NC(=O)CCC1CCCN(C(=O)c2ccsc2)C1. The van der Waals surface area contributed by atoms with Crippen molar-refractivity contribution < 1.29 is 14.3 Å². The summed E-state index contributed by atoms with van der Waals surface area (Å²) in [5.74, 6) is 0.942. The van der Waals surface area contributed by atoms with Crippen LogP contribution in [0.4, 0.5) is 5.69 Å². The second-order valence-corrected chi connectivity index (χ2v) is 7.92. The Hall–Kier alpha value is -2.05. The molecule has 27 heavy (non-hydrogen) atoms. The van der Waals surface area contributed by atoms with Crippen LogP contribution in [0.1, 0.15) is 36.0 Å². The average Bonchev–Trinajstić information content (AvgIpc) is 3.21. The Labute approximate surface area is 168 Å². The number of carbonyl (C=O) groups is 2. The normalized spacial score (nSPS) is 16.8. The Morgan fingerprint density at radius 2 is 2.22 bits per heavy atom. The van der Waals surface area contributed by atoms with Crippen molar-refractivity contribution in [3.05, 3.63) is 45.6 Å². The fourth-order valence-electron chi connectivity index (χ4n) is 3.38. The highest BCUT2D eigenvalue weighted by Gasteiger charge is 2.25. The van der Waals surface area contributed by atoms with Crippen LogP contribution in [0.3, 0.4) is 0 Å². The molecule has 2 amide bonds. The van der Waals surface area contributed by atoms with Crippen molar-refractivity contribution >= 4 is 40.4 Å². The van der Waals surface area contributed by atoms with Gasteiger partial charge in [-0.1, -0.05) is 11.6 Å². The first-order valence-corrected chi connectivity index (χ1v) is 10.3. The Balaban J connectivity index is 1.51. The number of piperidine rings is 1. The molecule has 0 aliphatic carbocycles. The van der Waals surface area contributed by atoms with Gasteiger partial charge in [0.05, 0.1) is 18.4 Å². The van der Waals surface area contributed by atoms with Gasteiger partial charge in [0, 0.05) is 29.9 Å². The number of hydrogen-bond donors (Lipinski definition) is 1. The predicted molar refractivity (Wildman–Crippen MR) is 109 cm³/mol. The van der Waals surface area contributed by atoms with Gasteiger partial charge in [0.1, 0.15) is 5.75 Å². The van der Waals surface area contributed by atoms with Crippen LogP contribution in [0.5, 0.6) is 5.75 Å². The maximum Gasteiger partial charge on any atom is 0.254 e. The second-order valence-electron chi connectivity index (χ2n) is 6.70. The molecule has 1 N–H and O–H groups in total. The number of amides is 2. The number of hydrogen-bond acceptors (Lipinski definition) is 4. The largest absolute Gasteiger partial charge is 0.495 e. The molecule has 0 bridgehead atoms. The highest BCUT2D eigenvalue weighted by molar-refractivity contribution is 7.08. The van der Waals surface area contributed by atoms with Gasteiger partial charge in [0.25, 0.3) is 5.91 Å². The number of methoxy groups -OCH3 is 1. The number of ether oxygens (including phenoxy) is 1. The van der Waals surface area contributed by atoms with E-state index in [9.17, 15) is 9.59 Å². The molecule has 1 saturated heterocycles. The van der Waals surface area contributed by atoms with Gasteiger partial charge in [-0.3, -0.25) is 9.59 Å². The lowest BCUT2D eigenvalue weighted by atomic mass is 9.93. The predicted octanol–water partition coefficient (Wildman–Crippen LogP) is 4.68. The molecule has 1 aliphatic heterocycles. The van der Waals surface area contributed by atoms with E-state index in [4.69, 9.17) is 16.3 Å². The van der Waals surface area contributed by atoms with Crippen molar-refractivity contribution in [1.29, 1.82) is 0 Å². The van der Waals surface area contributed by atoms with Gasteiger partial charge in [-0.25, -0.2) is 0 Å². The Morgan fingerprint density at radius 1 is 1.37 bits per heavy atom. The summed E-state index contributed by atoms with van der Waals surface area (Å²) in [5, 5.41) is 7.22. The minimum atomic E-state index is -0.0724. The van der Waals surface area contributed by atoms with Gasteiger partial charge < -0.3 is 15.0 Å². The zero-order valence-electron chi connectivity index (χ0n) is 15.2. The molecule has 0 spiro atoms. The molecule has 7 heteroatoms. The minimum Gasteiger partial charge on any atom is -0.495 e. The van der Waals surface area contributed by atoms with Gasteiger partial charge in [-0.2, -0.15) is 11.3 Å². The number of rotatable bonds is 6. The Morgan fingerprint density at radius 3 is 2.96 bits per heavy atom. The molecule has 1 fully saturated rings. The number of carbonyl (C=O) groups excluding carboxylic acids is 2. The van der Waals surface area contributed by atoms with E-state index >= 15 is 0 Å². The Bertz CT molecular complexity index is 795. The third-order valence-electron chi connectivity index (χ3n) is 4.79. The molecule has 5 nitrogen and oxygen atoms in total. The zero-order valence-corrected chi connectivity index (χ0v) is 16.8. The zero-order chi connectivity index (χ0) is 19.2. The van der Waals surface area contributed by atoms with E-state index < -0.39 is 0 Å². The van der Waals surface area contributed by atoms with Crippen LogP contribution in [0, 0.1) is 5.92 Å². The molecule has 1 aliphatic rings. The number of nitrogens with one attached hydrogen (secondary N) is 1. The summed E-state index contributed by atoms with van der Waals surface area (Å²) in [4.78, 5) is 26.8. The second kappa shape index (κ2) is 9.24. The van der Waals surface area contributed by atoms with Gasteiger partial charge in [0.2, 0.25) is 5.91 Å². The fraction of sp³-hybridized carbons (Fsp3) is 0.400. The van der Waals surface area contributed by atoms with Crippen LogP contribution in [-0.4, -0.2) is 36.9 Å². The van der Waals surface area contributed by atoms with Crippen LogP contribution in [-0.2, 0) is 4.79 Å². The quantitative estimate of drug-likeness (QED) is 0.757. The Kier molecular flexibility index (Phi) is 6.74. The summed E-state index contributed by atoms with van der Waals surface area (Å²) in [7, 11) is 1.56. The molecule has 3 rings (SSSR count). The third-order valence-corrected chi connectivity index (χ3v) is 5.71.